The van der Waals surface area contributed by atoms with E-state index in [1.807, 2.05) is 36.5 Å². The molecule has 0 saturated heterocycles. The number of pyridine rings is 1. The number of aliphatic hydroxyl groups excluding tert-OH is 1. The van der Waals surface area contributed by atoms with E-state index in [4.69, 9.17) is 5.11 Å². The Hall–Kier alpha value is -1.39. The minimum Gasteiger partial charge on any atom is -0.392 e. The molecule has 0 bridgehead atoms. The lowest BCUT2D eigenvalue weighted by molar-refractivity contribution is 0.330. The van der Waals surface area contributed by atoms with E-state index in [2.05, 4.69) is 10.4 Å². The Morgan fingerprint density at radius 1 is 1.57 bits per heavy atom. The minimum atomic E-state index is 0.0926. The van der Waals surface area contributed by atoms with Crippen molar-refractivity contribution in [2.75, 3.05) is 18.2 Å². The van der Waals surface area contributed by atoms with Crippen LogP contribution in [0.5, 0.6) is 0 Å². The normalized spacial score (nSPS) is 15.9. The van der Waals surface area contributed by atoms with Gasteiger partial charge < -0.3 is 5.11 Å². The monoisotopic (exact) mass is 191 g/mol. The molecule has 0 unspecified atom stereocenters. The molecule has 1 aliphatic heterocycles. The van der Waals surface area contributed by atoms with Gasteiger partial charge in [-0.2, -0.15) is 0 Å². The van der Waals surface area contributed by atoms with Crippen LogP contribution in [-0.4, -0.2) is 23.2 Å². The Bertz CT molecular complexity index is 345. The van der Waals surface area contributed by atoms with Crippen LogP contribution < -0.4 is 10.4 Å². The van der Waals surface area contributed by atoms with Gasteiger partial charge in [-0.1, -0.05) is 6.07 Å². The highest BCUT2D eigenvalue weighted by Crippen LogP contribution is 2.14. The first kappa shape index (κ1) is 9.18. The number of aryl methyl sites for hydroxylation is 1. The molecule has 14 heavy (non-hydrogen) atoms. The molecule has 0 spiro atoms. The molecule has 0 radical (unpaired) electrons. The lowest BCUT2D eigenvalue weighted by Gasteiger charge is -2.14. The third kappa shape index (κ3) is 1.76. The van der Waals surface area contributed by atoms with Crippen molar-refractivity contribution in [3.8, 4) is 0 Å². The van der Waals surface area contributed by atoms with Gasteiger partial charge >= 0.3 is 0 Å². The third-order valence-electron chi connectivity index (χ3n) is 2.13. The average Bonchev–Trinajstić information content (AvgIpc) is 2.67. The minimum absolute atomic E-state index is 0.0926. The fourth-order valence-corrected chi connectivity index (χ4v) is 1.31. The maximum atomic E-state index is 8.92. The highest BCUT2D eigenvalue weighted by Gasteiger charge is 2.12. The zero-order valence-corrected chi connectivity index (χ0v) is 8.07. The van der Waals surface area contributed by atoms with E-state index >= 15 is 0 Å². The number of hydrogen-bond donors (Lipinski definition) is 2. The summed E-state index contributed by atoms with van der Waals surface area (Å²) in [4.78, 5) is 4.27. The average molecular weight is 191 g/mol. The van der Waals surface area contributed by atoms with Gasteiger partial charge in [0, 0.05) is 18.9 Å². The van der Waals surface area contributed by atoms with Gasteiger partial charge in [0.25, 0.3) is 0 Å². The number of hydrazine groups is 1. The van der Waals surface area contributed by atoms with Crippen LogP contribution in [0.3, 0.4) is 0 Å². The van der Waals surface area contributed by atoms with Gasteiger partial charge in [0.05, 0.1) is 6.61 Å². The van der Waals surface area contributed by atoms with Crippen LogP contribution in [0, 0.1) is 6.92 Å². The van der Waals surface area contributed by atoms with Crippen LogP contribution >= 0.6 is 0 Å². The standard InChI is InChI=1S/C10H13N3O/c1-8-2-3-10(11-4-8)13-6-9(7-14)5-12-13/h2-4,6,12,14H,5,7H2,1H3. The molecule has 2 heterocycles. The van der Waals surface area contributed by atoms with E-state index in [1.54, 1.807) is 0 Å². The lowest BCUT2D eigenvalue weighted by atomic mass is 10.3. The quantitative estimate of drug-likeness (QED) is 0.718. The largest absolute Gasteiger partial charge is 0.392 e. The molecule has 74 valence electrons. The van der Waals surface area contributed by atoms with Crippen molar-refractivity contribution in [2.45, 2.75) is 6.92 Å². The number of nitrogens with zero attached hydrogens (tertiary/aromatic N) is 2. The van der Waals surface area contributed by atoms with Gasteiger partial charge in [0.15, 0.2) is 0 Å². The SMILES string of the molecule is Cc1ccc(N2C=C(CO)CN2)nc1. The second kappa shape index (κ2) is 3.77. The molecule has 2 N–H and O–H groups in total. The van der Waals surface area contributed by atoms with Crippen LogP contribution in [-0.2, 0) is 0 Å². The molecule has 1 aromatic heterocycles. The van der Waals surface area contributed by atoms with Crippen LogP contribution in [0.2, 0.25) is 0 Å². The zero-order chi connectivity index (χ0) is 9.97. The highest BCUT2D eigenvalue weighted by atomic mass is 16.3. The first-order chi connectivity index (χ1) is 6.79. The lowest BCUT2D eigenvalue weighted by Crippen LogP contribution is -2.29. The molecular weight excluding hydrogens is 178 g/mol. The second-order valence-electron chi connectivity index (χ2n) is 3.34. The van der Waals surface area contributed by atoms with Crippen molar-refractivity contribution >= 4 is 5.82 Å². The Labute approximate surface area is 82.9 Å². The molecule has 4 heteroatoms. The molecule has 0 atom stereocenters. The second-order valence-corrected chi connectivity index (χ2v) is 3.34. The highest BCUT2D eigenvalue weighted by molar-refractivity contribution is 5.44. The van der Waals surface area contributed by atoms with Crippen LogP contribution in [0.25, 0.3) is 0 Å². The number of aromatic nitrogens is 1. The number of anilines is 1. The predicted molar refractivity (Wildman–Crippen MR) is 54.6 cm³/mol. The summed E-state index contributed by atoms with van der Waals surface area (Å²) < 4.78 is 0. The maximum Gasteiger partial charge on any atom is 0.146 e. The summed E-state index contributed by atoms with van der Waals surface area (Å²) in [5, 5.41) is 10.7. The van der Waals surface area contributed by atoms with E-state index in [0.717, 1.165) is 17.0 Å². The topological polar surface area (TPSA) is 48.4 Å². The maximum absolute atomic E-state index is 8.92. The summed E-state index contributed by atoms with van der Waals surface area (Å²) in [6, 6.07) is 3.95. The Morgan fingerprint density at radius 3 is 3.00 bits per heavy atom. The van der Waals surface area contributed by atoms with E-state index in [0.29, 0.717) is 6.54 Å². The number of hydrogen-bond acceptors (Lipinski definition) is 4. The Kier molecular flexibility index (Phi) is 2.47. The van der Waals surface area contributed by atoms with Gasteiger partial charge in [-0.25, -0.2) is 10.4 Å². The fraction of sp³-hybridized carbons (Fsp3) is 0.300. The molecule has 0 fully saturated rings. The van der Waals surface area contributed by atoms with Crippen molar-refractivity contribution < 1.29 is 5.11 Å². The number of nitrogens with one attached hydrogen (secondary N) is 1. The predicted octanol–water partition coefficient (Wildman–Crippen LogP) is 0.591. The molecule has 0 aromatic carbocycles. The van der Waals surface area contributed by atoms with E-state index in [1.165, 1.54) is 0 Å². The fourth-order valence-electron chi connectivity index (χ4n) is 1.31. The molecule has 4 nitrogen and oxygen atoms in total. The Balaban J connectivity index is 2.17. The summed E-state index contributed by atoms with van der Waals surface area (Å²) >= 11 is 0. The van der Waals surface area contributed by atoms with E-state index in [-0.39, 0.29) is 6.61 Å². The molecule has 1 aliphatic rings. The molecule has 0 saturated carbocycles. The molecule has 1 aromatic rings. The van der Waals surface area contributed by atoms with E-state index < -0.39 is 0 Å². The summed E-state index contributed by atoms with van der Waals surface area (Å²) in [6.45, 7) is 2.78. The summed E-state index contributed by atoms with van der Waals surface area (Å²) in [5.74, 6) is 0.846. The molecule has 0 amide bonds. The van der Waals surface area contributed by atoms with Gasteiger partial charge in [-0.3, -0.25) is 5.01 Å². The molecule has 0 aliphatic carbocycles. The van der Waals surface area contributed by atoms with Gasteiger partial charge in [0.2, 0.25) is 0 Å². The number of aliphatic hydroxyl groups is 1. The van der Waals surface area contributed by atoms with E-state index in [9.17, 15) is 0 Å². The van der Waals surface area contributed by atoms with Gasteiger partial charge in [0.1, 0.15) is 5.82 Å². The zero-order valence-electron chi connectivity index (χ0n) is 8.07. The molecule has 2 rings (SSSR count). The van der Waals surface area contributed by atoms with Crippen molar-refractivity contribution in [3.05, 3.63) is 35.7 Å². The van der Waals surface area contributed by atoms with Crippen LogP contribution in [0.15, 0.2) is 30.1 Å². The number of rotatable bonds is 2. The summed E-state index contributed by atoms with van der Waals surface area (Å²) in [5.41, 5.74) is 5.22. The van der Waals surface area contributed by atoms with Crippen molar-refractivity contribution in [2.24, 2.45) is 0 Å². The van der Waals surface area contributed by atoms with Crippen LogP contribution in [0.1, 0.15) is 5.56 Å². The van der Waals surface area contributed by atoms with Crippen molar-refractivity contribution in [1.29, 1.82) is 0 Å². The summed E-state index contributed by atoms with van der Waals surface area (Å²) in [6.07, 6.45) is 3.69. The summed E-state index contributed by atoms with van der Waals surface area (Å²) in [7, 11) is 0. The van der Waals surface area contributed by atoms with Crippen LogP contribution in [0.4, 0.5) is 5.82 Å². The van der Waals surface area contributed by atoms with Crippen molar-refractivity contribution in [1.82, 2.24) is 10.4 Å². The first-order valence-electron chi connectivity index (χ1n) is 4.55. The smallest absolute Gasteiger partial charge is 0.146 e. The Morgan fingerprint density at radius 2 is 2.43 bits per heavy atom. The third-order valence-corrected chi connectivity index (χ3v) is 2.13. The van der Waals surface area contributed by atoms with Crippen molar-refractivity contribution in [3.63, 3.8) is 0 Å². The van der Waals surface area contributed by atoms with Gasteiger partial charge in [-0.05, 0) is 24.1 Å². The first-order valence-corrected chi connectivity index (χ1v) is 4.55. The molecular formula is C10H13N3O. The van der Waals surface area contributed by atoms with Gasteiger partial charge in [-0.15, -0.1) is 0 Å².